The highest BCUT2D eigenvalue weighted by Crippen LogP contribution is 2.46. The van der Waals surface area contributed by atoms with E-state index in [1.165, 1.54) is 57.4 Å². The first-order valence-electron chi connectivity index (χ1n) is 10.0. The van der Waals surface area contributed by atoms with Gasteiger partial charge in [-0.15, -0.1) is 0 Å². The molecule has 0 aromatic rings. The normalized spacial score (nSPS) is 25.3. The lowest BCUT2D eigenvalue weighted by atomic mass is 9.62. The Kier molecular flexibility index (Phi) is 9.08. The summed E-state index contributed by atoms with van der Waals surface area (Å²) in [6.45, 7) is 13.9. The second-order valence-electron chi connectivity index (χ2n) is 8.89. The molecule has 1 aliphatic carbocycles. The summed E-state index contributed by atoms with van der Waals surface area (Å²) in [6.07, 6.45) is 12.7. The van der Waals surface area contributed by atoms with Crippen LogP contribution >= 0.6 is 0 Å². The lowest BCUT2D eigenvalue weighted by molar-refractivity contribution is -0.139. The van der Waals surface area contributed by atoms with E-state index in [9.17, 15) is 4.79 Å². The van der Waals surface area contributed by atoms with Gasteiger partial charge in [0.2, 0.25) is 0 Å². The zero-order valence-electron chi connectivity index (χ0n) is 17.0. The number of rotatable bonds is 9. The van der Waals surface area contributed by atoms with E-state index < -0.39 is 0 Å². The zero-order chi connectivity index (χ0) is 18.2. The fourth-order valence-corrected chi connectivity index (χ4v) is 4.45. The molecule has 0 spiro atoms. The summed E-state index contributed by atoms with van der Waals surface area (Å²) in [6, 6.07) is 0. The molecule has 0 amide bonds. The van der Waals surface area contributed by atoms with Crippen molar-refractivity contribution in [2.24, 2.45) is 23.2 Å². The Hall–Kier alpha value is -0.790. The van der Waals surface area contributed by atoms with Gasteiger partial charge in [-0.3, -0.25) is 4.79 Å². The van der Waals surface area contributed by atoms with Gasteiger partial charge in [-0.1, -0.05) is 59.0 Å². The molecule has 0 unspecified atom stereocenters. The van der Waals surface area contributed by atoms with E-state index in [0.29, 0.717) is 12.0 Å². The molecule has 24 heavy (non-hydrogen) atoms. The van der Waals surface area contributed by atoms with Crippen molar-refractivity contribution in [3.05, 3.63) is 11.6 Å². The molecule has 0 radical (unpaired) electrons. The summed E-state index contributed by atoms with van der Waals surface area (Å²) in [7, 11) is 0. The first kappa shape index (κ1) is 21.3. The molecule has 2 nitrogen and oxygen atoms in total. The van der Waals surface area contributed by atoms with Crippen molar-refractivity contribution in [2.75, 3.05) is 6.61 Å². The predicted molar refractivity (Wildman–Crippen MR) is 103 cm³/mol. The summed E-state index contributed by atoms with van der Waals surface area (Å²) in [5.74, 6) is 2.41. The third-order valence-corrected chi connectivity index (χ3v) is 6.13. The number of allylic oxidation sites excluding steroid dienone is 1. The summed E-state index contributed by atoms with van der Waals surface area (Å²) < 4.78 is 4.96. The summed E-state index contributed by atoms with van der Waals surface area (Å²) in [5, 5.41) is 0. The molecule has 0 N–H and O–H groups in total. The molecule has 0 aromatic heterocycles. The second-order valence-corrected chi connectivity index (χ2v) is 8.89. The van der Waals surface area contributed by atoms with Crippen molar-refractivity contribution in [1.82, 2.24) is 0 Å². The van der Waals surface area contributed by atoms with Crippen molar-refractivity contribution in [3.8, 4) is 0 Å². The summed E-state index contributed by atoms with van der Waals surface area (Å²) in [5.41, 5.74) is 1.87. The van der Waals surface area contributed by atoms with Gasteiger partial charge in [0.05, 0.1) is 0 Å². The molecule has 2 heteroatoms. The molecule has 1 aliphatic rings. The quantitative estimate of drug-likeness (QED) is 0.353. The molecular formula is C22H40O2. The molecular weight excluding hydrogens is 296 g/mol. The number of hydrogen-bond acceptors (Lipinski definition) is 2. The highest BCUT2D eigenvalue weighted by atomic mass is 16.5. The molecule has 3 atom stereocenters. The van der Waals surface area contributed by atoms with Gasteiger partial charge in [0.25, 0.3) is 0 Å². The van der Waals surface area contributed by atoms with Crippen LogP contribution in [-0.2, 0) is 9.53 Å². The fourth-order valence-electron chi connectivity index (χ4n) is 4.45. The minimum atomic E-state index is -0.201. The van der Waals surface area contributed by atoms with E-state index in [0.717, 1.165) is 24.2 Å². The highest BCUT2D eigenvalue weighted by molar-refractivity contribution is 5.66. The van der Waals surface area contributed by atoms with Crippen molar-refractivity contribution >= 4 is 5.97 Å². The number of carbonyl (C=O) groups is 1. The maximum Gasteiger partial charge on any atom is 0.302 e. The summed E-state index contributed by atoms with van der Waals surface area (Å²) >= 11 is 0. The van der Waals surface area contributed by atoms with Gasteiger partial charge >= 0.3 is 5.97 Å². The Morgan fingerprint density at radius 3 is 2.62 bits per heavy atom. The Balaban J connectivity index is 2.24. The molecule has 0 aliphatic heterocycles. The molecule has 0 saturated heterocycles. The number of hydrogen-bond donors (Lipinski definition) is 0. The number of ether oxygens (including phenoxy) is 1. The third-order valence-electron chi connectivity index (χ3n) is 6.13. The second kappa shape index (κ2) is 10.3. The standard InChI is InChI=1S/C22H40O2/c1-17(9-7-10-18(2)14-16-24-20(4)23)12-13-21-19(3)11-8-15-22(21,5)6/h14,17,19,21H,7-13,15-16H2,1-6H3/b18-14+/t17-,19+,21+/m1/s1. The van der Waals surface area contributed by atoms with E-state index in [-0.39, 0.29) is 5.97 Å². The first-order chi connectivity index (χ1) is 11.2. The van der Waals surface area contributed by atoms with Crippen molar-refractivity contribution in [3.63, 3.8) is 0 Å². The topological polar surface area (TPSA) is 26.3 Å². The van der Waals surface area contributed by atoms with Gasteiger partial charge < -0.3 is 4.74 Å². The van der Waals surface area contributed by atoms with Crippen LogP contribution in [0, 0.1) is 23.2 Å². The summed E-state index contributed by atoms with van der Waals surface area (Å²) in [4.78, 5) is 10.7. The average molecular weight is 337 g/mol. The highest BCUT2D eigenvalue weighted by Gasteiger charge is 2.36. The van der Waals surface area contributed by atoms with E-state index in [1.54, 1.807) is 0 Å². The van der Waals surface area contributed by atoms with Crippen LogP contribution in [0.15, 0.2) is 11.6 Å². The van der Waals surface area contributed by atoms with Gasteiger partial charge in [0.15, 0.2) is 0 Å². The Labute approximate surface area is 150 Å². The van der Waals surface area contributed by atoms with Gasteiger partial charge in [0, 0.05) is 6.92 Å². The van der Waals surface area contributed by atoms with Crippen LogP contribution < -0.4 is 0 Å². The average Bonchev–Trinajstić information content (AvgIpc) is 2.45. The first-order valence-corrected chi connectivity index (χ1v) is 10.0. The Morgan fingerprint density at radius 1 is 1.29 bits per heavy atom. The number of carbonyl (C=O) groups excluding carboxylic acids is 1. The zero-order valence-corrected chi connectivity index (χ0v) is 17.0. The molecule has 140 valence electrons. The van der Waals surface area contributed by atoms with Crippen LogP contribution in [0.5, 0.6) is 0 Å². The van der Waals surface area contributed by atoms with E-state index in [1.807, 2.05) is 6.08 Å². The van der Waals surface area contributed by atoms with Crippen molar-refractivity contribution in [2.45, 2.75) is 92.9 Å². The minimum Gasteiger partial charge on any atom is -0.462 e. The van der Waals surface area contributed by atoms with Crippen molar-refractivity contribution in [1.29, 1.82) is 0 Å². The lowest BCUT2D eigenvalue weighted by Gasteiger charge is -2.43. The van der Waals surface area contributed by atoms with Gasteiger partial charge in [-0.2, -0.15) is 0 Å². The fraction of sp³-hybridized carbons (Fsp3) is 0.864. The van der Waals surface area contributed by atoms with Crippen LogP contribution in [0.3, 0.4) is 0 Å². The molecule has 1 rings (SSSR count). The SMILES string of the molecule is CC(=O)OC/C=C(\C)CCC[C@@H](C)CC[C@H]1[C@@H](C)CCCC1(C)C. The van der Waals surface area contributed by atoms with Crippen LogP contribution in [0.25, 0.3) is 0 Å². The van der Waals surface area contributed by atoms with Gasteiger partial charge in [0.1, 0.15) is 6.61 Å². The molecule has 0 bridgehead atoms. The van der Waals surface area contributed by atoms with E-state index in [4.69, 9.17) is 4.74 Å². The molecule has 1 fully saturated rings. The predicted octanol–water partition coefficient (Wildman–Crippen LogP) is 6.54. The van der Waals surface area contributed by atoms with Crippen LogP contribution in [0.1, 0.15) is 92.9 Å². The minimum absolute atomic E-state index is 0.201. The third kappa shape index (κ3) is 7.85. The molecule has 0 heterocycles. The Bertz CT molecular complexity index is 408. The molecule has 0 aromatic carbocycles. The maximum atomic E-state index is 10.7. The maximum absolute atomic E-state index is 10.7. The molecule has 1 saturated carbocycles. The van der Waals surface area contributed by atoms with Gasteiger partial charge in [-0.05, 0) is 61.9 Å². The monoisotopic (exact) mass is 336 g/mol. The lowest BCUT2D eigenvalue weighted by Crippen LogP contribution is -2.33. The Morgan fingerprint density at radius 2 is 2.00 bits per heavy atom. The van der Waals surface area contributed by atoms with Crippen LogP contribution in [0.2, 0.25) is 0 Å². The largest absolute Gasteiger partial charge is 0.462 e. The van der Waals surface area contributed by atoms with E-state index in [2.05, 4.69) is 34.6 Å². The van der Waals surface area contributed by atoms with E-state index >= 15 is 0 Å². The van der Waals surface area contributed by atoms with Crippen molar-refractivity contribution < 1.29 is 9.53 Å². The van der Waals surface area contributed by atoms with Crippen LogP contribution in [0.4, 0.5) is 0 Å². The smallest absolute Gasteiger partial charge is 0.302 e. The number of esters is 1. The van der Waals surface area contributed by atoms with Gasteiger partial charge in [-0.25, -0.2) is 0 Å². The van der Waals surface area contributed by atoms with Crippen LogP contribution in [-0.4, -0.2) is 12.6 Å².